The fourth-order valence-electron chi connectivity index (χ4n) is 1.23. The molecule has 1 unspecified atom stereocenters. The molecule has 1 atom stereocenters. The van der Waals surface area contributed by atoms with Crippen LogP contribution < -0.4 is 0 Å². The molecule has 74 valence electrons. The first-order valence-electron chi connectivity index (χ1n) is 4.16. The number of aliphatic hydroxyl groups excluding tert-OH is 1. The zero-order valence-electron chi connectivity index (χ0n) is 7.53. The molecule has 1 N–H and O–H groups in total. The number of rotatable bonds is 2. The molecule has 0 aliphatic heterocycles. The van der Waals surface area contributed by atoms with Gasteiger partial charge >= 0.3 is 0 Å². The Morgan fingerprint density at radius 1 is 1.36 bits per heavy atom. The van der Waals surface area contributed by atoms with Crippen molar-refractivity contribution in [3.63, 3.8) is 0 Å². The van der Waals surface area contributed by atoms with E-state index in [1.807, 2.05) is 30.5 Å². The topological polar surface area (TPSA) is 20.2 Å². The summed E-state index contributed by atoms with van der Waals surface area (Å²) in [6.07, 6.45) is -0.483. The summed E-state index contributed by atoms with van der Waals surface area (Å²) in [5.74, 6) is 0. The lowest BCUT2D eigenvalue weighted by Crippen LogP contribution is -1.93. The molecule has 0 aliphatic carbocycles. The van der Waals surface area contributed by atoms with Crippen molar-refractivity contribution in [2.75, 3.05) is 0 Å². The third kappa shape index (κ3) is 1.93. The van der Waals surface area contributed by atoms with E-state index >= 15 is 0 Å². The van der Waals surface area contributed by atoms with E-state index in [0.717, 1.165) is 14.2 Å². The molecule has 0 amide bonds. The van der Waals surface area contributed by atoms with E-state index in [2.05, 4.69) is 15.9 Å². The second-order valence-electron chi connectivity index (χ2n) is 2.98. The van der Waals surface area contributed by atoms with Crippen molar-refractivity contribution in [2.24, 2.45) is 0 Å². The normalized spacial score (nSPS) is 13.1. The Labute approximate surface area is 99.2 Å². The fourth-order valence-corrected chi connectivity index (χ4v) is 3.77. The lowest BCUT2D eigenvalue weighted by atomic mass is 10.2. The van der Waals surface area contributed by atoms with Crippen LogP contribution in [-0.4, -0.2) is 5.11 Å². The number of hydrogen-bond donors (Lipinski definition) is 1. The summed E-state index contributed by atoms with van der Waals surface area (Å²) in [4.78, 5) is 3.21. The van der Waals surface area contributed by atoms with Gasteiger partial charge < -0.3 is 5.11 Å². The molecule has 2 rings (SSSR count). The van der Waals surface area contributed by atoms with Crippen LogP contribution in [-0.2, 0) is 0 Å². The van der Waals surface area contributed by atoms with Gasteiger partial charge in [-0.3, -0.25) is 0 Å². The Morgan fingerprint density at radius 2 is 2.14 bits per heavy atom. The number of aryl methyl sites for hydroxylation is 1. The van der Waals surface area contributed by atoms with Gasteiger partial charge in [-0.1, -0.05) is 0 Å². The van der Waals surface area contributed by atoms with Crippen LogP contribution in [0.2, 0.25) is 0 Å². The molecule has 2 heterocycles. The quantitative estimate of drug-likeness (QED) is 0.887. The monoisotopic (exact) mass is 288 g/mol. The van der Waals surface area contributed by atoms with Gasteiger partial charge in [-0.05, 0) is 46.4 Å². The predicted molar refractivity (Wildman–Crippen MR) is 65.1 cm³/mol. The van der Waals surface area contributed by atoms with Gasteiger partial charge in [0.15, 0.2) is 0 Å². The maximum atomic E-state index is 10.1. The van der Waals surface area contributed by atoms with Crippen molar-refractivity contribution < 1.29 is 5.11 Å². The van der Waals surface area contributed by atoms with Gasteiger partial charge in [-0.2, -0.15) is 0 Å². The molecular weight excluding hydrogens is 280 g/mol. The van der Waals surface area contributed by atoms with Crippen molar-refractivity contribution >= 4 is 38.6 Å². The standard InChI is InChI=1S/C10H9BrOS2/c1-6-2-3-8(14-6)9(12)10-7(11)4-5-13-10/h2-5,9,12H,1H3. The minimum atomic E-state index is -0.483. The van der Waals surface area contributed by atoms with Crippen LogP contribution in [0.1, 0.15) is 20.7 Å². The minimum absolute atomic E-state index is 0.483. The Kier molecular flexibility index (Phi) is 3.07. The van der Waals surface area contributed by atoms with Crippen molar-refractivity contribution in [1.82, 2.24) is 0 Å². The van der Waals surface area contributed by atoms with Crippen LogP contribution >= 0.6 is 38.6 Å². The summed E-state index contributed by atoms with van der Waals surface area (Å²) in [6, 6.07) is 5.98. The average Bonchev–Trinajstić information content (AvgIpc) is 2.73. The molecule has 1 nitrogen and oxygen atoms in total. The fraction of sp³-hybridized carbons (Fsp3) is 0.200. The van der Waals surface area contributed by atoms with E-state index in [-0.39, 0.29) is 0 Å². The average molecular weight is 289 g/mol. The molecule has 0 bridgehead atoms. The van der Waals surface area contributed by atoms with Crippen LogP contribution in [0.3, 0.4) is 0 Å². The molecule has 0 fully saturated rings. The molecule has 0 spiro atoms. The molecular formula is C10H9BrOS2. The maximum Gasteiger partial charge on any atom is 0.123 e. The van der Waals surface area contributed by atoms with E-state index in [9.17, 15) is 5.11 Å². The van der Waals surface area contributed by atoms with E-state index in [1.165, 1.54) is 4.88 Å². The summed E-state index contributed by atoms with van der Waals surface area (Å²) in [5.41, 5.74) is 0. The third-order valence-electron chi connectivity index (χ3n) is 1.92. The van der Waals surface area contributed by atoms with Gasteiger partial charge in [0.1, 0.15) is 6.10 Å². The highest BCUT2D eigenvalue weighted by Gasteiger charge is 2.16. The summed E-state index contributed by atoms with van der Waals surface area (Å²) < 4.78 is 0.987. The molecule has 0 aliphatic rings. The number of thiophene rings is 2. The van der Waals surface area contributed by atoms with Crippen molar-refractivity contribution in [2.45, 2.75) is 13.0 Å². The third-order valence-corrected chi connectivity index (χ3v) is 4.90. The van der Waals surface area contributed by atoms with Gasteiger partial charge in [0.2, 0.25) is 0 Å². The highest BCUT2D eigenvalue weighted by Crippen LogP contribution is 2.35. The van der Waals surface area contributed by atoms with Crippen LogP contribution in [0.25, 0.3) is 0 Å². The first-order chi connectivity index (χ1) is 6.68. The van der Waals surface area contributed by atoms with Crippen LogP contribution in [0.4, 0.5) is 0 Å². The van der Waals surface area contributed by atoms with Crippen molar-refractivity contribution in [3.8, 4) is 0 Å². The molecule has 0 aromatic carbocycles. The maximum absolute atomic E-state index is 10.1. The largest absolute Gasteiger partial charge is 0.382 e. The predicted octanol–water partition coefficient (Wildman–Crippen LogP) is 3.96. The Hall–Kier alpha value is -0.160. The molecule has 4 heteroatoms. The van der Waals surface area contributed by atoms with Gasteiger partial charge in [0, 0.05) is 14.2 Å². The first kappa shape index (κ1) is 10.4. The van der Waals surface area contributed by atoms with Gasteiger partial charge in [0.25, 0.3) is 0 Å². The highest BCUT2D eigenvalue weighted by atomic mass is 79.9. The number of hydrogen-bond acceptors (Lipinski definition) is 3. The second kappa shape index (κ2) is 4.14. The second-order valence-corrected chi connectivity index (χ2v) is 6.11. The summed E-state index contributed by atoms with van der Waals surface area (Å²) in [7, 11) is 0. The van der Waals surface area contributed by atoms with E-state index in [1.54, 1.807) is 22.7 Å². The molecule has 2 aromatic heterocycles. The van der Waals surface area contributed by atoms with Gasteiger partial charge in [-0.15, -0.1) is 22.7 Å². The minimum Gasteiger partial charge on any atom is -0.382 e. The summed E-state index contributed by atoms with van der Waals surface area (Å²) in [6.45, 7) is 2.05. The lowest BCUT2D eigenvalue weighted by Gasteiger charge is -2.06. The molecule has 0 saturated heterocycles. The molecule has 14 heavy (non-hydrogen) atoms. The highest BCUT2D eigenvalue weighted by molar-refractivity contribution is 9.10. The first-order valence-corrected chi connectivity index (χ1v) is 6.64. The lowest BCUT2D eigenvalue weighted by molar-refractivity contribution is 0.227. The van der Waals surface area contributed by atoms with Crippen LogP contribution in [0.5, 0.6) is 0 Å². The Bertz CT molecular complexity index is 433. The van der Waals surface area contributed by atoms with Crippen molar-refractivity contribution in [3.05, 3.63) is 42.7 Å². The van der Waals surface area contributed by atoms with Gasteiger partial charge in [0.05, 0.1) is 4.88 Å². The number of aliphatic hydroxyl groups is 1. The van der Waals surface area contributed by atoms with E-state index < -0.39 is 6.10 Å². The summed E-state index contributed by atoms with van der Waals surface area (Å²) >= 11 is 6.64. The van der Waals surface area contributed by atoms with E-state index in [4.69, 9.17) is 0 Å². The van der Waals surface area contributed by atoms with E-state index in [0.29, 0.717) is 0 Å². The molecule has 2 aromatic rings. The summed E-state index contributed by atoms with van der Waals surface area (Å²) in [5, 5.41) is 12.0. The van der Waals surface area contributed by atoms with Crippen LogP contribution in [0.15, 0.2) is 28.1 Å². The van der Waals surface area contributed by atoms with Gasteiger partial charge in [-0.25, -0.2) is 0 Å². The zero-order valence-corrected chi connectivity index (χ0v) is 10.7. The van der Waals surface area contributed by atoms with Crippen molar-refractivity contribution in [1.29, 1.82) is 0 Å². The Morgan fingerprint density at radius 3 is 2.64 bits per heavy atom. The zero-order chi connectivity index (χ0) is 10.1. The smallest absolute Gasteiger partial charge is 0.123 e. The molecule has 0 radical (unpaired) electrons. The SMILES string of the molecule is Cc1ccc(C(O)c2sccc2Br)s1. The molecule has 0 saturated carbocycles. The number of halogens is 1. The van der Waals surface area contributed by atoms with Crippen LogP contribution in [0, 0.1) is 6.92 Å². The Balaban J connectivity index is 2.33.